The van der Waals surface area contributed by atoms with E-state index in [4.69, 9.17) is 5.73 Å². The lowest BCUT2D eigenvalue weighted by Crippen LogP contribution is -2.41. The molecule has 0 radical (unpaired) electrons. The van der Waals surface area contributed by atoms with Gasteiger partial charge in [-0.25, -0.2) is 4.98 Å². The number of rotatable bonds is 7. The number of nitrogens with zero attached hydrogens (tertiary/aromatic N) is 1. The Hall–Kier alpha value is -1.55. The Balaban J connectivity index is 2.11. The quantitative estimate of drug-likeness (QED) is 0.285. The summed E-state index contributed by atoms with van der Waals surface area (Å²) in [6.07, 6.45) is 1.66. The predicted octanol–water partition coefficient (Wildman–Crippen LogP) is -0.992. The molecular formula is C12H19N5O3S. The number of thioether (sulfide) groups is 1. The maximum atomic E-state index is 11.7. The van der Waals surface area contributed by atoms with E-state index in [9.17, 15) is 15.0 Å². The molecule has 0 spiro atoms. The minimum absolute atomic E-state index is 0.0153. The Bertz CT molecular complexity index is 656. The average molecular weight is 313 g/mol. The molecule has 2 rings (SSSR count). The predicted molar refractivity (Wildman–Crippen MR) is 83.2 cm³/mol. The molecule has 2 unspecified atom stereocenters. The van der Waals surface area contributed by atoms with Crippen LogP contribution in [0.2, 0.25) is 0 Å². The molecule has 0 bridgehead atoms. The number of aliphatic hydroxyl groups is 2. The normalized spacial score (nSPS) is 14.4. The molecule has 0 aromatic carbocycles. The summed E-state index contributed by atoms with van der Waals surface area (Å²) in [5.74, 6) is 0.853. The van der Waals surface area contributed by atoms with Crippen LogP contribution < -0.4 is 16.6 Å². The van der Waals surface area contributed by atoms with Gasteiger partial charge in [0.1, 0.15) is 17.3 Å². The Morgan fingerprint density at radius 3 is 3.00 bits per heavy atom. The second-order valence-electron chi connectivity index (χ2n) is 4.65. The van der Waals surface area contributed by atoms with E-state index in [-0.39, 0.29) is 17.9 Å². The number of fused-ring (bicyclic) bond motifs is 1. The number of aliphatic hydroxyl groups excluding tert-OH is 2. The summed E-state index contributed by atoms with van der Waals surface area (Å²) < 4.78 is 0. The van der Waals surface area contributed by atoms with E-state index in [0.717, 1.165) is 5.75 Å². The van der Waals surface area contributed by atoms with Crippen LogP contribution in [0, 0.1) is 0 Å². The first kappa shape index (κ1) is 15.8. The molecule has 0 aliphatic heterocycles. The van der Waals surface area contributed by atoms with Crippen molar-refractivity contribution in [3.8, 4) is 0 Å². The van der Waals surface area contributed by atoms with Crippen LogP contribution in [0.3, 0.4) is 0 Å². The van der Waals surface area contributed by atoms with Gasteiger partial charge in [-0.05, 0) is 11.8 Å². The molecule has 0 amide bonds. The van der Waals surface area contributed by atoms with Gasteiger partial charge in [-0.3, -0.25) is 15.1 Å². The third kappa shape index (κ3) is 3.76. The van der Waals surface area contributed by atoms with Crippen molar-refractivity contribution in [1.82, 2.24) is 20.3 Å². The summed E-state index contributed by atoms with van der Waals surface area (Å²) in [6.45, 7) is 0.595. The molecule has 0 fully saturated rings. The molecule has 2 aromatic heterocycles. The van der Waals surface area contributed by atoms with E-state index in [1.165, 1.54) is 0 Å². The number of hydrogen-bond donors (Lipinski definition) is 6. The highest BCUT2D eigenvalue weighted by Gasteiger charge is 2.19. The maximum absolute atomic E-state index is 11.7. The van der Waals surface area contributed by atoms with Crippen LogP contribution in [0.4, 0.5) is 5.95 Å². The van der Waals surface area contributed by atoms with Gasteiger partial charge >= 0.3 is 0 Å². The van der Waals surface area contributed by atoms with Crippen LogP contribution in [0.5, 0.6) is 0 Å². The van der Waals surface area contributed by atoms with Gasteiger partial charge in [0.2, 0.25) is 5.95 Å². The number of aromatic amines is 2. The summed E-state index contributed by atoms with van der Waals surface area (Å²) in [4.78, 5) is 20.9. The van der Waals surface area contributed by atoms with E-state index in [2.05, 4.69) is 20.3 Å². The SMILES string of the molecule is CSCCNC(O)C(O)Cc1c[nH]c2c(=O)[nH]c(N)nc12. The van der Waals surface area contributed by atoms with Crippen LogP contribution >= 0.6 is 11.8 Å². The van der Waals surface area contributed by atoms with Crippen molar-refractivity contribution in [3.05, 3.63) is 22.1 Å². The fraction of sp³-hybridized carbons (Fsp3) is 0.500. The van der Waals surface area contributed by atoms with Crippen LogP contribution in [-0.4, -0.2) is 56.1 Å². The zero-order valence-corrected chi connectivity index (χ0v) is 12.4. The summed E-state index contributed by atoms with van der Waals surface area (Å²) in [7, 11) is 0. The lowest BCUT2D eigenvalue weighted by atomic mass is 10.1. The third-order valence-electron chi connectivity index (χ3n) is 3.09. The highest BCUT2D eigenvalue weighted by molar-refractivity contribution is 7.98. The Labute approximate surface area is 125 Å². The third-order valence-corrected chi connectivity index (χ3v) is 3.70. The average Bonchev–Trinajstić information content (AvgIpc) is 2.82. The van der Waals surface area contributed by atoms with Gasteiger partial charge in [-0.2, -0.15) is 11.8 Å². The van der Waals surface area contributed by atoms with Gasteiger partial charge < -0.3 is 20.9 Å². The number of hydrogen-bond acceptors (Lipinski definition) is 7. The molecule has 8 nitrogen and oxygen atoms in total. The highest BCUT2D eigenvalue weighted by atomic mass is 32.2. The van der Waals surface area contributed by atoms with Crippen LogP contribution in [0.25, 0.3) is 11.0 Å². The molecule has 2 aromatic rings. The first-order chi connectivity index (χ1) is 10.0. The zero-order chi connectivity index (χ0) is 15.4. The molecule has 7 N–H and O–H groups in total. The molecule has 0 saturated carbocycles. The van der Waals surface area contributed by atoms with Gasteiger partial charge in [0.15, 0.2) is 0 Å². The van der Waals surface area contributed by atoms with Gasteiger partial charge in [0.05, 0.1) is 6.10 Å². The fourth-order valence-electron chi connectivity index (χ4n) is 2.02. The number of nitrogens with two attached hydrogens (primary N) is 1. The van der Waals surface area contributed by atoms with Crippen molar-refractivity contribution < 1.29 is 10.2 Å². The molecule has 0 aliphatic rings. The van der Waals surface area contributed by atoms with Crippen molar-refractivity contribution in [2.45, 2.75) is 18.8 Å². The number of anilines is 1. The Kier molecular flexibility index (Phi) is 5.23. The van der Waals surface area contributed by atoms with Gasteiger partial charge in [0.25, 0.3) is 5.56 Å². The number of nitrogens with one attached hydrogen (secondary N) is 3. The number of nitrogen functional groups attached to an aromatic ring is 1. The second kappa shape index (κ2) is 6.94. The Morgan fingerprint density at radius 2 is 2.29 bits per heavy atom. The molecule has 116 valence electrons. The summed E-state index contributed by atoms with van der Waals surface area (Å²) in [5, 5.41) is 22.7. The molecule has 21 heavy (non-hydrogen) atoms. The number of aromatic nitrogens is 3. The summed E-state index contributed by atoms with van der Waals surface area (Å²) >= 11 is 1.64. The summed E-state index contributed by atoms with van der Waals surface area (Å²) in [6, 6.07) is 0. The van der Waals surface area contributed by atoms with E-state index < -0.39 is 12.3 Å². The maximum Gasteiger partial charge on any atom is 0.276 e. The fourth-order valence-corrected chi connectivity index (χ4v) is 2.34. The largest absolute Gasteiger partial charge is 0.389 e. The van der Waals surface area contributed by atoms with Crippen LogP contribution in [0.1, 0.15) is 5.56 Å². The Morgan fingerprint density at radius 1 is 1.52 bits per heavy atom. The van der Waals surface area contributed by atoms with Crippen LogP contribution in [-0.2, 0) is 6.42 Å². The van der Waals surface area contributed by atoms with Gasteiger partial charge in [-0.1, -0.05) is 0 Å². The zero-order valence-electron chi connectivity index (χ0n) is 11.6. The minimum Gasteiger partial charge on any atom is -0.389 e. The van der Waals surface area contributed by atoms with Gasteiger partial charge in [0, 0.05) is 24.9 Å². The lowest BCUT2D eigenvalue weighted by Gasteiger charge is -2.18. The molecule has 0 aliphatic carbocycles. The summed E-state index contributed by atoms with van der Waals surface area (Å²) in [5.41, 5.74) is 6.49. The number of H-pyrrole nitrogens is 2. The first-order valence-corrected chi connectivity index (χ1v) is 7.86. The molecule has 0 saturated heterocycles. The first-order valence-electron chi connectivity index (χ1n) is 6.47. The lowest BCUT2D eigenvalue weighted by molar-refractivity contribution is 0.000481. The molecule has 2 atom stereocenters. The molecule has 2 heterocycles. The highest BCUT2D eigenvalue weighted by Crippen LogP contribution is 2.15. The van der Waals surface area contributed by atoms with E-state index in [1.54, 1.807) is 18.0 Å². The van der Waals surface area contributed by atoms with E-state index >= 15 is 0 Å². The van der Waals surface area contributed by atoms with E-state index in [1.807, 2.05) is 6.26 Å². The minimum atomic E-state index is -1.04. The topological polar surface area (TPSA) is 140 Å². The van der Waals surface area contributed by atoms with Gasteiger partial charge in [-0.15, -0.1) is 0 Å². The van der Waals surface area contributed by atoms with Crippen molar-refractivity contribution in [3.63, 3.8) is 0 Å². The van der Waals surface area contributed by atoms with Crippen LogP contribution in [0.15, 0.2) is 11.0 Å². The second-order valence-corrected chi connectivity index (χ2v) is 5.64. The standard InChI is InChI=1S/C12H19N5O3S/c1-21-3-2-14-10(19)7(18)4-6-5-15-9-8(6)16-12(13)17-11(9)20/h5,7,10,14-15,18-19H,2-4H2,1H3,(H3,13,16,17,20). The van der Waals surface area contributed by atoms with Crippen molar-refractivity contribution in [1.29, 1.82) is 0 Å². The molecular weight excluding hydrogens is 294 g/mol. The van der Waals surface area contributed by atoms with Crippen molar-refractivity contribution >= 4 is 28.7 Å². The van der Waals surface area contributed by atoms with E-state index in [0.29, 0.717) is 23.1 Å². The van der Waals surface area contributed by atoms with Crippen molar-refractivity contribution in [2.75, 3.05) is 24.3 Å². The molecule has 9 heteroatoms. The smallest absolute Gasteiger partial charge is 0.276 e. The van der Waals surface area contributed by atoms with Crippen molar-refractivity contribution in [2.24, 2.45) is 0 Å². The monoisotopic (exact) mass is 313 g/mol.